The molecule has 2 rings (SSSR count). The second-order valence-corrected chi connectivity index (χ2v) is 7.64. The van der Waals surface area contributed by atoms with Crippen LogP contribution < -0.4 is 10.5 Å². The molecule has 0 saturated carbocycles. The summed E-state index contributed by atoms with van der Waals surface area (Å²) in [6.07, 6.45) is 6.81. The topological polar surface area (TPSA) is 72.2 Å². The fourth-order valence-corrected chi connectivity index (χ4v) is 4.00. The van der Waals surface area contributed by atoms with Gasteiger partial charge in [-0.25, -0.2) is 13.1 Å². The lowest BCUT2D eigenvalue weighted by Crippen LogP contribution is -2.25. The Balaban J connectivity index is 2.00. The first kappa shape index (κ1) is 17.8. The van der Waals surface area contributed by atoms with Gasteiger partial charge in [-0.1, -0.05) is 57.2 Å². The number of benzene rings is 2. The van der Waals surface area contributed by atoms with Crippen LogP contribution in [0.25, 0.3) is 10.8 Å². The molecule has 0 aliphatic carbocycles. The van der Waals surface area contributed by atoms with Gasteiger partial charge in [0.25, 0.3) is 0 Å². The zero-order valence-corrected chi connectivity index (χ0v) is 14.5. The summed E-state index contributed by atoms with van der Waals surface area (Å²) < 4.78 is 27.8. The van der Waals surface area contributed by atoms with Gasteiger partial charge in [0.05, 0.1) is 4.90 Å². The van der Waals surface area contributed by atoms with E-state index < -0.39 is 10.0 Å². The smallest absolute Gasteiger partial charge is 0.241 e. The molecule has 3 N–H and O–H groups in total. The number of fused-ring (bicyclic) bond motifs is 1. The van der Waals surface area contributed by atoms with E-state index in [9.17, 15) is 8.42 Å². The summed E-state index contributed by atoms with van der Waals surface area (Å²) in [7, 11) is -3.49. The van der Waals surface area contributed by atoms with Crippen LogP contribution in [0, 0.1) is 0 Å². The maximum Gasteiger partial charge on any atom is 0.241 e. The molecular formula is C18H26N2O2S. The first-order valence-corrected chi connectivity index (χ1v) is 9.81. The molecule has 0 unspecified atom stereocenters. The zero-order valence-electron chi connectivity index (χ0n) is 13.7. The first-order valence-electron chi connectivity index (χ1n) is 8.32. The third-order valence-corrected chi connectivity index (χ3v) is 5.50. The molecule has 0 atom stereocenters. The highest BCUT2D eigenvalue weighted by Crippen LogP contribution is 2.24. The molecule has 0 amide bonds. The molecule has 0 aliphatic heterocycles. The molecule has 4 nitrogen and oxygen atoms in total. The molecule has 0 fully saturated rings. The average molecular weight is 334 g/mol. The van der Waals surface area contributed by atoms with E-state index in [1.54, 1.807) is 30.3 Å². The molecule has 0 heterocycles. The van der Waals surface area contributed by atoms with Crippen molar-refractivity contribution in [2.24, 2.45) is 0 Å². The molecule has 0 saturated heterocycles. The summed E-state index contributed by atoms with van der Waals surface area (Å²) in [5.74, 6) is 0. The van der Waals surface area contributed by atoms with Crippen molar-refractivity contribution in [1.29, 1.82) is 0 Å². The van der Waals surface area contributed by atoms with Crippen molar-refractivity contribution in [3.05, 3.63) is 36.4 Å². The first-order chi connectivity index (χ1) is 11.0. The lowest BCUT2D eigenvalue weighted by molar-refractivity contribution is 0.568. The standard InChI is InChI=1S/C18H26N2O2S/c1-2-3-4-5-6-7-13-20-23(21,22)18-10-8-9-15-14-16(19)11-12-17(15)18/h8-12,14,20H,2-7,13,19H2,1H3. The lowest BCUT2D eigenvalue weighted by atomic mass is 10.1. The van der Waals surface area contributed by atoms with Crippen LogP contribution in [-0.2, 0) is 10.0 Å². The van der Waals surface area contributed by atoms with E-state index in [-0.39, 0.29) is 0 Å². The van der Waals surface area contributed by atoms with E-state index in [1.807, 2.05) is 6.07 Å². The molecule has 126 valence electrons. The highest BCUT2D eigenvalue weighted by atomic mass is 32.2. The second kappa shape index (κ2) is 8.31. The maximum atomic E-state index is 12.5. The van der Waals surface area contributed by atoms with Gasteiger partial charge in [0.2, 0.25) is 10.0 Å². The van der Waals surface area contributed by atoms with Crippen molar-refractivity contribution in [3.8, 4) is 0 Å². The molecular weight excluding hydrogens is 308 g/mol. The molecule has 23 heavy (non-hydrogen) atoms. The molecule has 0 bridgehead atoms. The summed E-state index contributed by atoms with van der Waals surface area (Å²) in [4.78, 5) is 0.320. The minimum atomic E-state index is -3.49. The van der Waals surface area contributed by atoms with Crippen molar-refractivity contribution in [2.75, 3.05) is 12.3 Å². The molecule has 0 radical (unpaired) electrons. The van der Waals surface area contributed by atoms with Gasteiger partial charge in [0, 0.05) is 17.6 Å². The predicted molar refractivity (Wildman–Crippen MR) is 96.9 cm³/mol. The van der Waals surface area contributed by atoms with Crippen LogP contribution in [0.5, 0.6) is 0 Å². The van der Waals surface area contributed by atoms with Gasteiger partial charge in [0.1, 0.15) is 0 Å². The number of hydrogen-bond acceptors (Lipinski definition) is 3. The van der Waals surface area contributed by atoms with Crippen LogP contribution >= 0.6 is 0 Å². The second-order valence-electron chi connectivity index (χ2n) is 5.90. The van der Waals surface area contributed by atoms with Crippen LogP contribution in [0.1, 0.15) is 45.4 Å². The van der Waals surface area contributed by atoms with Crippen LogP contribution in [-0.4, -0.2) is 15.0 Å². The van der Waals surface area contributed by atoms with Crippen LogP contribution in [0.15, 0.2) is 41.3 Å². The maximum absolute atomic E-state index is 12.5. The average Bonchev–Trinajstić information content (AvgIpc) is 2.53. The largest absolute Gasteiger partial charge is 0.399 e. The number of anilines is 1. The number of hydrogen-bond donors (Lipinski definition) is 2. The van der Waals surface area contributed by atoms with Gasteiger partial charge in [-0.2, -0.15) is 0 Å². The number of rotatable bonds is 9. The van der Waals surface area contributed by atoms with E-state index in [1.165, 1.54) is 25.7 Å². The van der Waals surface area contributed by atoms with Crippen LogP contribution in [0.3, 0.4) is 0 Å². The van der Waals surface area contributed by atoms with E-state index in [2.05, 4.69) is 11.6 Å². The van der Waals surface area contributed by atoms with Crippen molar-refractivity contribution in [2.45, 2.75) is 50.3 Å². The molecule has 2 aromatic rings. The van der Waals surface area contributed by atoms with Crippen molar-refractivity contribution >= 4 is 26.5 Å². The van der Waals surface area contributed by atoms with Gasteiger partial charge in [-0.05, 0) is 30.0 Å². The van der Waals surface area contributed by atoms with Gasteiger partial charge < -0.3 is 5.73 Å². The van der Waals surface area contributed by atoms with Crippen molar-refractivity contribution < 1.29 is 8.42 Å². The SMILES string of the molecule is CCCCCCCCNS(=O)(=O)c1cccc2cc(N)ccc12. The van der Waals surface area contributed by atoms with Gasteiger partial charge in [0.15, 0.2) is 0 Å². The molecule has 0 aliphatic rings. The van der Waals surface area contributed by atoms with Gasteiger partial charge in [-0.3, -0.25) is 0 Å². The number of unbranched alkanes of at least 4 members (excludes halogenated alkanes) is 5. The minimum absolute atomic E-state index is 0.320. The lowest BCUT2D eigenvalue weighted by Gasteiger charge is -2.10. The molecule has 5 heteroatoms. The third kappa shape index (κ3) is 4.94. The monoisotopic (exact) mass is 334 g/mol. The van der Waals surface area contributed by atoms with E-state index in [0.717, 1.165) is 18.2 Å². The van der Waals surface area contributed by atoms with Crippen molar-refractivity contribution in [3.63, 3.8) is 0 Å². The quantitative estimate of drug-likeness (QED) is 0.536. The fraction of sp³-hybridized carbons (Fsp3) is 0.444. The Morgan fingerprint density at radius 3 is 2.52 bits per heavy atom. The fourth-order valence-electron chi connectivity index (χ4n) is 2.70. The highest BCUT2D eigenvalue weighted by Gasteiger charge is 2.16. The molecule has 2 aromatic carbocycles. The van der Waals surface area contributed by atoms with Crippen LogP contribution in [0.2, 0.25) is 0 Å². The summed E-state index contributed by atoms with van der Waals surface area (Å²) in [5, 5.41) is 1.55. The van der Waals surface area contributed by atoms with E-state index in [4.69, 9.17) is 5.73 Å². The summed E-state index contributed by atoms with van der Waals surface area (Å²) >= 11 is 0. The van der Waals surface area contributed by atoms with E-state index in [0.29, 0.717) is 22.5 Å². The van der Waals surface area contributed by atoms with Gasteiger partial charge in [-0.15, -0.1) is 0 Å². The number of nitrogens with two attached hydrogens (primary N) is 1. The predicted octanol–water partition coefficient (Wildman–Crippen LogP) is 4.06. The summed E-state index contributed by atoms with van der Waals surface area (Å²) in [6, 6.07) is 10.6. The van der Waals surface area contributed by atoms with E-state index >= 15 is 0 Å². The summed E-state index contributed by atoms with van der Waals surface area (Å²) in [6.45, 7) is 2.67. The minimum Gasteiger partial charge on any atom is -0.399 e. The number of nitrogen functional groups attached to an aromatic ring is 1. The Hall–Kier alpha value is -1.59. The number of nitrogens with one attached hydrogen (secondary N) is 1. The third-order valence-electron chi connectivity index (χ3n) is 3.98. The Morgan fingerprint density at radius 1 is 1.00 bits per heavy atom. The Morgan fingerprint density at radius 2 is 1.74 bits per heavy atom. The normalized spacial score (nSPS) is 11.9. The highest BCUT2D eigenvalue weighted by molar-refractivity contribution is 7.89. The molecule has 0 spiro atoms. The van der Waals surface area contributed by atoms with Gasteiger partial charge >= 0.3 is 0 Å². The van der Waals surface area contributed by atoms with Crippen molar-refractivity contribution in [1.82, 2.24) is 4.72 Å². The molecule has 0 aromatic heterocycles. The summed E-state index contributed by atoms with van der Waals surface area (Å²) in [5.41, 5.74) is 6.40. The Bertz CT molecular complexity index is 742. The Labute approximate surface area is 139 Å². The van der Waals surface area contributed by atoms with Crippen LogP contribution in [0.4, 0.5) is 5.69 Å². The Kier molecular flexibility index (Phi) is 6.42. The number of sulfonamides is 1. The zero-order chi connectivity index (χ0) is 16.7.